The molecular weight excluding hydrogens is 296 g/mol. The van der Waals surface area contributed by atoms with Gasteiger partial charge in [-0.15, -0.1) is 0 Å². The van der Waals surface area contributed by atoms with Gasteiger partial charge in [-0.2, -0.15) is 0 Å². The molecule has 7 heteroatoms. The van der Waals surface area contributed by atoms with Gasteiger partial charge in [0.15, 0.2) is 0 Å². The molecule has 0 radical (unpaired) electrons. The van der Waals surface area contributed by atoms with Gasteiger partial charge >= 0.3 is 0 Å². The van der Waals surface area contributed by atoms with Crippen LogP contribution in [0.15, 0.2) is 42.7 Å². The first-order valence-corrected chi connectivity index (χ1v) is 7.41. The van der Waals surface area contributed by atoms with Crippen LogP contribution >= 0.6 is 0 Å². The van der Waals surface area contributed by atoms with Crippen molar-refractivity contribution >= 4 is 17.5 Å². The molecule has 2 N–H and O–H groups in total. The van der Waals surface area contributed by atoms with Crippen LogP contribution in [0.1, 0.15) is 10.4 Å². The number of ether oxygens (including phenoxy) is 1. The number of benzene rings is 1. The lowest BCUT2D eigenvalue weighted by Gasteiger charge is -2.21. The van der Waals surface area contributed by atoms with Gasteiger partial charge in [0.05, 0.1) is 24.9 Å². The average Bonchev–Trinajstić information content (AvgIpc) is 2.80. The van der Waals surface area contributed by atoms with Crippen LogP contribution in [0.4, 0.5) is 11.6 Å². The van der Waals surface area contributed by atoms with Crippen molar-refractivity contribution in [1.29, 1.82) is 0 Å². The summed E-state index contributed by atoms with van der Waals surface area (Å²) in [5, 5.41) is 12.8. The van der Waals surface area contributed by atoms with Gasteiger partial charge in [-0.25, -0.2) is 9.97 Å². The second-order valence-corrected chi connectivity index (χ2v) is 5.27. The lowest BCUT2D eigenvalue weighted by molar-refractivity contribution is 0.0534. The molecule has 0 saturated carbocycles. The smallest absolute Gasteiger partial charge is 0.257 e. The fraction of sp³-hybridized carbons (Fsp3) is 0.312. The molecular formula is C16H18N4O3. The largest absolute Gasteiger partial charge is 0.389 e. The topological polar surface area (TPSA) is 87.6 Å². The van der Waals surface area contributed by atoms with E-state index in [9.17, 15) is 9.90 Å². The number of nitrogens with zero attached hydrogens (tertiary/aromatic N) is 3. The summed E-state index contributed by atoms with van der Waals surface area (Å²) < 4.78 is 5.22. The molecule has 2 aromatic rings. The van der Waals surface area contributed by atoms with Crippen molar-refractivity contribution in [2.75, 3.05) is 31.6 Å². The van der Waals surface area contributed by atoms with Crippen LogP contribution in [-0.4, -0.2) is 58.3 Å². The summed E-state index contributed by atoms with van der Waals surface area (Å²) in [6, 6.07) is 9.55. The summed E-state index contributed by atoms with van der Waals surface area (Å²) in [7, 11) is 0. The van der Waals surface area contributed by atoms with Crippen molar-refractivity contribution in [3.63, 3.8) is 0 Å². The Balaban J connectivity index is 1.67. The van der Waals surface area contributed by atoms with E-state index in [0.29, 0.717) is 24.7 Å². The standard InChI is InChI=1S/C16H18N4O3/c21-14-10-20(6-7-23-11-14)15(22)12-8-17-16(18-9-12)19-13-4-2-1-3-5-13/h1-5,8-9,14,21H,6-7,10-11H2,(H,17,18,19)/t14-/m1/s1. The molecule has 120 valence electrons. The molecule has 1 aromatic carbocycles. The Hall–Kier alpha value is -2.51. The number of aromatic nitrogens is 2. The van der Waals surface area contributed by atoms with E-state index in [0.717, 1.165) is 5.69 Å². The Kier molecular flexibility index (Phi) is 4.80. The maximum Gasteiger partial charge on any atom is 0.257 e. The van der Waals surface area contributed by atoms with Crippen molar-refractivity contribution in [1.82, 2.24) is 14.9 Å². The molecule has 1 aliphatic rings. The fourth-order valence-electron chi connectivity index (χ4n) is 2.31. The number of amides is 1. The summed E-state index contributed by atoms with van der Waals surface area (Å²) in [6.07, 6.45) is 2.30. The zero-order chi connectivity index (χ0) is 16.1. The number of rotatable bonds is 3. The van der Waals surface area contributed by atoms with Crippen molar-refractivity contribution in [3.8, 4) is 0 Å². The molecule has 0 bridgehead atoms. The van der Waals surface area contributed by atoms with E-state index in [1.165, 1.54) is 12.4 Å². The van der Waals surface area contributed by atoms with Gasteiger partial charge < -0.3 is 20.1 Å². The number of hydrogen-bond acceptors (Lipinski definition) is 6. The number of aliphatic hydroxyl groups excluding tert-OH is 1. The zero-order valence-electron chi connectivity index (χ0n) is 12.6. The Morgan fingerprint density at radius 1 is 1.26 bits per heavy atom. The number of hydrogen-bond donors (Lipinski definition) is 2. The minimum Gasteiger partial charge on any atom is -0.389 e. The third-order valence-electron chi connectivity index (χ3n) is 3.46. The van der Waals surface area contributed by atoms with Crippen LogP contribution in [-0.2, 0) is 4.74 Å². The molecule has 7 nitrogen and oxygen atoms in total. The molecule has 1 amide bonds. The summed E-state index contributed by atoms with van der Waals surface area (Å²) in [6.45, 7) is 1.36. The molecule has 0 unspecified atom stereocenters. The quantitative estimate of drug-likeness (QED) is 0.880. The molecule has 1 saturated heterocycles. The zero-order valence-corrected chi connectivity index (χ0v) is 12.6. The van der Waals surface area contributed by atoms with Gasteiger partial charge in [0, 0.05) is 31.2 Å². The van der Waals surface area contributed by atoms with E-state index in [1.54, 1.807) is 4.90 Å². The van der Waals surface area contributed by atoms with Crippen LogP contribution in [0, 0.1) is 0 Å². The number of aliphatic hydroxyl groups is 1. The monoisotopic (exact) mass is 314 g/mol. The minimum absolute atomic E-state index is 0.208. The number of β-amino-alcohol motifs (C(OH)–C–C–N with tert-alkyl or cyclic N) is 1. The van der Waals surface area contributed by atoms with E-state index in [-0.39, 0.29) is 19.1 Å². The molecule has 23 heavy (non-hydrogen) atoms. The Labute approximate surface area is 133 Å². The van der Waals surface area contributed by atoms with Crippen molar-refractivity contribution in [2.45, 2.75) is 6.10 Å². The predicted octanol–water partition coefficient (Wildman–Crippen LogP) is 1.05. The second kappa shape index (κ2) is 7.17. The van der Waals surface area contributed by atoms with Crippen molar-refractivity contribution < 1.29 is 14.6 Å². The first-order valence-electron chi connectivity index (χ1n) is 7.41. The molecule has 1 atom stereocenters. The van der Waals surface area contributed by atoms with Crippen LogP contribution < -0.4 is 5.32 Å². The van der Waals surface area contributed by atoms with E-state index in [1.807, 2.05) is 30.3 Å². The van der Waals surface area contributed by atoms with Crippen molar-refractivity contribution in [3.05, 3.63) is 48.3 Å². The highest BCUT2D eigenvalue weighted by atomic mass is 16.5. The number of nitrogens with one attached hydrogen (secondary N) is 1. The number of para-hydroxylation sites is 1. The first-order chi connectivity index (χ1) is 11.2. The van der Waals surface area contributed by atoms with Crippen LogP contribution in [0.5, 0.6) is 0 Å². The lowest BCUT2D eigenvalue weighted by atomic mass is 10.2. The van der Waals surface area contributed by atoms with E-state index >= 15 is 0 Å². The SMILES string of the molecule is O=C(c1cnc(Nc2ccccc2)nc1)N1CCOC[C@H](O)C1. The highest BCUT2D eigenvalue weighted by Crippen LogP contribution is 2.12. The summed E-state index contributed by atoms with van der Waals surface area (Å²) in [5.41, 5.74) is 1.26. The minimum atomic E-state index is -0.665. The van der Waals surface area contributed by atoms with Crippen LogP contribution in [0.2, 0.25) is 0 Å². The molecule has 2 heterocycles. The van der Waals surface area contributed by atoms with Crippen LogP contribution in [0.25, 0.3) is 0 Å². The van der Waals surface area contributed by atoms with Gasteiger partial charge in [0.1, 0.15) is 0 Å². The maximum atomic E-state index is 12.4. The normalized spacial score (nSPS) is 18.3. The van der Waals surface area contributed by atoms with Gasteiger partial charge in [-0.1, -0.05) is 18.2 Å². The highest BCUT2D eigenvalue weighted by molar-refractivity contribution is 5.93. The van der Waals surface area contributed by atoms with E-state index in [2.05, 4.69) is 15.3 Å². The third-order valence-corrected chi connectivity index (χ3v) is 3.46. The predicted molar refractivity (Wildman–Crippen MR) is 84.5 cm³/mol. The molecule has 0 spiro atoms. The van der Waals surface area contributed by atoms with Gasteiger partial charge in [0.2, 0.25) is 5.95 Å². The summed E-state index contributed by atoms with van der Waals surface area (Å²) >= 11 is 0. The average molecular weight is 314 g/mol. The highest BCUT2D eigenvalue weighted by Gasteiger charge is 2.22. The number of anilines is 2. The lowest BCUT2D eigenvalue weighted by Crippen LogP contribution is -2.37. The molecule has 0 aliphatic carbocycles. The molecule has 3 rings (SSSR count). The fourth-order valence-corrected chi connectivity index (χ4v) is 2.31. The Morgan fingerprint density at radius 2 is 2.00 bits per heavy atom. The van der Waals surface area contributed by atoms with Gasteiger partial charge in [-0.05, 0) is 12.1 Å². The van der Waals surface area contributed by atoms with Gasteiger partial charge in [0.25, 0.3) is 5.91 Å². The number of carbonyl (C=O) groups is 1. The molecule has 1 aliphatic heterocycles. The Bertz CT molecular complexity index is 648. The van der Waals surface area contributed by atoms with E-state index < -0.39 is 6.10 Å². The van der Waals surface area contributed by atoms with Crippen molar-refractivity contribution in [2.24, 2.45) is 0 Å². The first kappa shape index (κ1) is 15.4. The molecule has 1 fully saturated rings. The summed E-state index contributed by atoms with van der Waals surface area (Å²) in [5.74, 6) is 0.216. The summed E-state index contributed by atoms with van der Waals surface area (Å²) in [4.78, 5) is 22.3. The van der Waals surface area contributed by atoms with Crippen LogP contribution in [0.3, 0.4) is 0 Å². The maximum absolute atomic E-state index is 12.4. The Morgan fingerprint density at radius 3 is 2.74 bits per heavy atom. The van der Waals surface area contributed by atoms with Gasteiger partial charge in [-0.3, -0.25) is 4.79 Å². The number of carbonyl (C=O) groups excluding carboxylic acids is 1. The third kappa shape index (κ3) is 4.02. The molecule has 1 aromatic heterocycles. The second-order valence-electron chi connectivity index (χ2n) is 5.27. The van der Waals surface area contributed by atoms with E-state index in [4.69, 9.17) is 4.74 Å².